The fourth-order valence-corrected chi connectivity index (χ4v) is 1.77. The smallest absolute Gasteiger partial charge is 0.135 e. The van der Waals surface area contributed by atoms with E-state index in [4.69, 9.17) is 9.47 Å². The zero-order chi connectivity index (χ0) is 11.6. The van der Waals surface area contributed by atoms with Crippen molar-refractivity contribution in [2.75, 3.05) is 31.7 Å². The van der Waals surface area contributed by atoms with Gasteiger partial charge in [-0.3, -0.25) is 0 Å². The van der Waals surface area contributed by atoms with Crippen molar-refractivity contribution in [2.45, 2.75) is 26.9 Å². The maximum absolute atomic E-state index is 5.45. The third kappa shape index (κ3) is 4.87. The number of rotatable bonds is 9. The van der Waals surface area contributed by atoms with Crippen molar-refractivity contribution in [1.29, 1.82) is 0 Å². The summed E-state index contributed by atoms with van der Waals surface area (Å²) in [4.78, 5) is 0. The zero-order valence-electron chi connectivity index (χ0n) is 9.86. The Balaban J connectivity index is 2.13. The van der Waals surface area contributed by atoms with E-state index in [9.17, 15) is 0 Å². The molecule has 0 fully saturated rings. The molecular weight excluding hydrogens is 226 g/mol. The van der Waals surface area contributed by atoms with E-state index in [0.29, 0.717) is 19.8 Å². The third-order valence-corrected chi connectivity index (χ3v) is 2.58. The standard InChI is InChI=1S/C10H19N3O2S/c1-3-5-14-6-7-15-8-9-10(11-4-2)16-13-12-9/h11H,3-8H2,1-2H3. The molecule has 0 saturated carbocycles. The Morgan fingerprint density at radius 2 is 2.00 bits per heavy atom. The van der Waals surface area contributed by atoms with Crippen molar-refractivity contribution in [2.24, 2.45) is 0 Å². The molecule has 0 spiro atoms. The van der Waals surface area contributed by atoms with E-state index in [2.05, 4.69) is 21.8 Å². The quantitative estimate of drug-likeness (QED) is 0.674. The molecule has 16 heavy (non-hydrogen) atoms. The van der Waals surface area contributed by atoms with Crippen LogP contribution in [0.25, 0.3) is 0 Å². The molecule has 0 unspecified atom stereocenters. The lowest BCUT2D eigenvalue weighted by Gasteiger charge is -2.04. The van der Waals surface area contributed by atoms with Crippen LogP contribution in [0.1, 0.15) is 26.0 Å². The average Bonchev–Trinajstić information content (AvgIpc) is 2.72. The van der Waals surface area contributed by atoms with Gasteiger partial charge < -0.3 is 14.8 Å². The summed E-state index contributed by atoms with van der Waals surface area (Å²) in [5.74, 6) is 0. The van der Waals surface area contributed by atoms with Crippen LogP contribution < -0.4 is 5.32 Å². The van der Waals surface area contributed by atoms with Gasteiger partial charge in [-0.15, -0.1) is 5.10 Å². The Morgan fingerprint density at radius 1 is 1.19 bits per heavy atom. The van der Waals surface area contributed by atoms with Gasteiger partial charge in [0.1, 0.15) is 10.7 Å². The van der Waals surface area contributed by atoms with Crippen LogP contribution in [0.5, 0.6) is 0 Å². The molecule has 1 aromatic rings. The first-order chi connectivity index (χ1) is 7.88. The summed E-state index contributed by atoms with van der Waals surface area (Å²) in [5, 5.41) is 8.21. The number of nitrogens with zero attached hydrogens (tertiary/aromatic N) is 2. The van der Waals surface area contributed by atoms with Gasteiger partial charge in [0, 0.05) is 24.7 Å². The van der Waals surface area contributed by atoms with Gasteiger partial charge in [-0.2, -0.15) is 0 Å². The molecule has 0 aliphatic heterocycles. The van der Waals surface area contributed by atoms with Crippen LogP contribution in [0.15, 0.2) is 0 Å². The normalized spacial score (nSPS) is 10.6. The molecule has 5 nitrogen and oxygen atoms in total. The van der Waals surface area contributed by atoms with Gasteiger partial charge in [0.25, 0.3) is 0 Å². The molecule has 6 heteroatoms. The second-order valence-electron chi connectivity index (χ2n) is 3.24. The molecule has 0 aromatic carbocycles. The van der Waals surface area contributed by atoms with Crippen LogP contribution in [0.4, 0.5) is 5.00 Å². The number of anilines is 1. The highest BCUT2D eigenvalue weighted by Gasteiger charge is 2.06. The summed E-state index contributed by atoms with van der Waals surface area (Å²) in [6, 6.07) is 0. The van der Waals surface area contributed by atoms with Gasteiger partial charge in [0.15, 0.2) is 0 Å². The first-order valence-corrected chi connectivity index (χ1v) is 6.36. The maximum atomic E-state index is 5.45. The summed E-state index contributed by atoms with van der Waals surface area (Å²) in [6.45, 7) is 7.54. The van der Waals surface area contributed by atoms with E-state index >= 15 is 0 Å². The Kier molecular flexibility index (Phi) is 7.03. The Labute approximate surface area is 100 Å². The number of aromatic nitrogens is 2. The van der Waals surface area contributed by atoms with Crippen molar-refractivity contribution in [3.05, 3.63) is 5.69 Å². The van der Waals surface area contributed by atoms with Crippen molar-refractivity contribution in [1.82, 2.24) is 9.59 Å². The van der Waals surface area contributed by atoms with E-state index < -0.39 is 0 Å². The SMILES string of the molecule is CCCOCCOCc1nnsc1NCC. The second kappa shape index (κ2) is 8.43. The van der Waals surface area contributed by atoms with E-state index in [1.165, 1.54) is 11.5 Å². The minimum absolute atomic E-state index is 0.494. The first-order valence-electron chi connectivity index (χ1n) is 5.59. The van der Waals surface area contributed by atoms with Gasteiger partial charge in [0.05, 0.1) is 19.8 Å². The first kappa shape index (κ1) is 13.3. The number of hydrogen-bond acceptors (Lipinski definition) is 6. The van der Waals surface area contributed by atoms with Crippen molar-refractivity contribution in [3.63, 3.8) is 0 Å². The molecule has 0 atom stereocenters. The number of nitrogens with one attached hydrogen (secondary N) is 1. The lowest BCUT2D eigenvalue weighted by molar-refractivity contribution is 0.0399. The fraction of sp³-hybridized carbons (Fsp3) is 0.800. The van der Waals surface area contributed by atoms with E-state index in [0.717, 1.165) is 30.3 Å². The predicted octanol–water partition coefficient (Wildman–Crippen LogP) is 1.91. The molecule has 0 radical (unpaired) electrons. The topological polar surface area (TPSA) is 56.3 Å². The minimum Gasteiger partial charge on any atom is -0.379 e. The van der Waals surface area contributed by atoms with Gasteiger partial charge >= 0.3 is 0 Å². The van der Waals surface area contributed by atoms with Crippen molar-refractivity contribution < 1.29 is 9.47 Å². The van der Waals surface area contributed by atoms with Gasteiger partial charge in [-0.25, -0.2) is 0 Å². The summed E-state index contributed by atoms with van der Waals surface area (Å²) in [5.41, 5.74) is 0.877. The van der Waals surface area contributed by atoms with Gasteiger partial charge in [0.2, 0.25) is 0 Å². The molecular formula is C10H19N3O2S. The second-order valence-corrected chi connectivity index (χ2v) is 4.00. The molecule has 1 heterocycles. The Morgan fingerprint density at radius 3 is 2.75 bits per heavy atom. The average molecular weight is 245 g/mol. The maximum Gasteiger partial charge on any atom is 0.135 e. The highest BCUT2D eigenvalue weighted by molar-refractivity contribution is 7.10. The monoisotopic (exact) mass is 245 g/mol. The predicted molar refractivity (Wildman–Crippen MR) is 64.8 cm³/mol. The van der Waals surface area contributed by atoms with Crippen LogP contribution in [0, 0.1) is 0 Å². The van der Waals surface area contributed by atoms with Crippen LogP contribution in [-0.2, 0) is 16.1 Å². The van der Waals surface area contributed by atoms with Crippen LogP contribution in [-0.4, -0.2) is 36.0 Å². The number of ether oxygens (including phenoxy) is 2. The van der Waals surface area contributed by atoms with Gasteiger partial charge in [-0.05, 0) is 13.3 Å². The molecule has 1 aromatic heterocycles. The Hall–Kier alpha value is -0.720. The summed E-state index contributed by atoms with van der Waals surface area (Å²) >= 11 is 1.36. The van der Waals surface area contributed by atoms with Crippen molar-refractivity contribution >= 4 is 16.5 Å². The molecule has 0 saturated heterocycles. The summed E-state index contributed by atoms with van der Waals surface area (Å²) in [7, 11) is 0. The van der Waals surface area contributed by atoms with Crippen LogP contribution >= 0.6 is 11.5 Å². The molecule has 0 amide bonds. The van der Waals surface area contributed by atoms with Gasteiger partial charge in [-0.1, -0.05) is 11.4 Å². The summed E-state index contributed by atoms with van der Waals surface area (Å²) in [6.07, 6.45) is 1.04. The zero-order valence-corrected chi connectivity index (χ0v) is 10.7. The Bertz CT molecular complexity index is 281. The third-order valence-electron chi connectivity index (χ3n) is 1.85. The molecule has 0 aliphatic carbocycles. The van der Waals surface area contributed by atoms with E-state index in [1.807, 2.05) is 6.92 Å². The molecule has 92 valence electrons. The fourth-order valence-electron chi connectivity index (χ4n) is 1.13. The molecule has 1 rings (SSSR count). The lowest BCUT2D eigenvalue weighted by atomic mass is 10.5. The highest BCUT2D eigenvalue weighted by Crippen LogP contribution is 2.17. The lowest BCUT2D eigenvalue weighted by Crippen LogP contribution is -2.06. The summed E-state index contributed by atoms with van der Waals surface area (Å²) < 4.78 is 14.6. The van der Waals surface area contributed by atoms with E-state index in [-0.39, 0.29) is 0 Å². The molecule has 0 aliphatic rings. The van der Waals surface area contributed by atoms with Crippen LogP contribution in [0.2, 0.25) is 0 Å². The van der Waals surface area contributed by atoms with Crippen LogP contribution in [0.3, 0.4) is 0 Å². The largest absolute Gasteiger partial charge is 0.379 e. The highest BCUT2D eigenvalue weighted by atomic mass is 32.1. The number of hydrogen-bond donors (Lipinski definition) is 1. The van der Waals surface area contributed by atoms with Crippen molar-refractivity contribution in [3.8, 4) is 0 Å². The molecule has 0 bridgehead atoms. The molecule has 1 N–H and O–H groups in total. The van der Waals surface area contributed by atoms with E-state index in [1.54, 1.807) is 0 Å². The minimum atomic E-state index is 0.494.